The van der Waals surface area contributed by atoms with Crippen molar-refractivity contribution >= 4 is 28.3 Å². The first-order valence-corrected chi connectivity index (χ1v) is 14.3. The molecule has 2 aromatic carbocycles. The molecule has 2 heterocycles. The van der Waals surface area contributed by atoms with Crippen molar-refractivity contribution in [1.29, 1.82) is 5.26 Å². The highest BCUT2D eigenvalue weighted by atomic mass is 19.1. The number of nitrogens with zero attached hydrogens (tertiary/aromatic N) is 4. The van der Waals surface area contributed by atoms with Gasteiger partial charge in [-0.3, -0.25) is 14.5 Å². The molecule has 4 bridgehead atoms. The van der Waals surface area contributed by atoms with Crippen LogP contribution in [0.3, 0.4) is 0 Å². The summed E-state index contributed by atoms with van der Waals surface area (Å²) in [6, 6.07) is 11.5. The maximum atomic E-state index is 15.3. The van der Waals surface area contributed by atoms with Crippen LogP contribution in [0.4, 0.5) is 15.9 Å². The van der Waals surface area contributed by atoms with Gasteiger partial charge in [0.2, 0.25) is 0 Å². The molecule has 0 atom stereocenters. The second-order valence-corrected chi connectivity index (χ2v) is 12.1. The summed E-state index contributed by atoms with van der Waals surface area (Å²) >= 11 is 0. The first-order valence-electron chi connectivity index (χ1n) is 14.3. The first kappa shape index (κ1) is 26.3. The number of ether oxygens (including phenoxy) is 2. The number of hydrogen-bond donors (Lipinski definition) is 2. The molecular weight excluding hydrogens is 535 g/mol. The van der Waals surface area contributed by atoms with E-state index in [9.17, 15) is 10.1 Å². The Labute approximate surface area is 242 Å². The van der Waals surface area contributed by atoms with Crippen LogP contribution in [0.1, 0.15) is 54.4 Å². The van der Waals surface area contributed by atoms with Gasteiger partial charge in [-0.2, -0.15) is 10.4 Å². The molecule has 0 spiro atoms. The van der Waals surface area contributed by atoms with E-state index in [-0.39, 0.29) is 17.2 Å². The van der Waals surface area contributed by atoms with Gasteiger partial charge >= 0.3 is 0 Å². The van der Waals surface area contributed by atoms with Gasteiger partial charge in [0.05, 0.1) is 18.2 Å². The van der Waals surface area contributed by atoms with Gasteiger partial charge in [0.25, 0.3) is 5.91 Å². The van der Waals surface area contributed by atoms with Gasteiger partial charge < -0.3 is 20.1 Å². The standard InChI is InChI=1S/C32H31FN6O3/c1-39-17-24(31(40)37-32-13-18-7-19(14-32)9-20(8-18)15-32)30(38-39)36-22-3-4-28(25(33)11-22)42-27-5-6-35-26-12-29(41-2)21(16-34)10-23(26)27/h3-6,10-12,17-20H,7-9,13-15H2,1-2H3,(H,36,38)(H,37,40). The van der Waals surface area contributed by atoms with E-state index in [2.05, 4.69) is 26.8 Å². The molecule has 2 N–H and O–H groups in total. The number of carbonyl (C=O) groups is 1. The van der Waals surface area contributed by atoms with Crippen LogP contribution in [-0.2, 0) is 7.05 Å². The van der Waals surface area contributed by atoms with Gasteiger partial charge in [-0.25, -0.2) is 4.39 Å². The minimum Gasteiger partial charge on any atom is -0.495 e. The Morgan fingerprint density at radius 1 is 1.07 bits per heavy atom. The highest BCUT2D eigenvalue weighted by molar-refractivity contribution is 5.99. The van der Waals surface area contributed by atoms with Gasteiger partial charge in [-0.05, 0) is 80.5 Å². The lowest BCUT2D eigenvalue weighted by Crippen LogP contribution is -2.59. The number of rotatable bonds is 7. The number of nitrogens with one attached hydrogen (secondary N) is 2. The predicted molar refractivity (Wildman–Crippen MR) is 154 cm³/mol. The monoisotopic (exact) mass is 566 g/mol. The number of halogens is 1. The van der Waals surface area contributed by atoms with Crippen LogP contribution >= 0.6 is 0 Å². The molecule has 4 aromatic rings. The van der Waals surface area contributed by atoms with Crippen LogP contribution in [-0.4, -0.2) is 33.3 Å². The van der Waals surface area contributed by atoms with Gasteiger partial charge in [0, 0.05) is 48.2 Å². The Hall–Kier alpha value is -4.65. The number of methoxy groups -OCH3 is 1. The lowest BCUT2D eigenvalue weighted by molar-refractivity contribution is -0.0166. The third kappa shape index (κ3) is 4.69. The van der Waals surface area contributed by atoms with E-state index in [0.29, 0.717) is 62.8 Å². The number of nitriles is 1. The lowest BCUT2D eigenvalue weighted by atomic mass is 9.53. The van der Waals surface area contributed by atoms with Crippen LogP contribution in [0.2, 0.25) is 0 Å². The van der Waals surface area contributed by atoms with E-state index < -0.39 is 5.82 Å². The molecule has 1 amide bonds. The van der Waals surface area contributed by atoms with E-state index >= 15 is 4.39 Å². The number of amides is 1. The van der Waals surface area contributed by atoms with Crippen LogP contribution in [0.15, 0.2) is 48.8 Å². The SMILES string of the molecule is COc1cc2nccc(Oc3ccc(Nc4nn(C)cc4C(=O)NC45CC6CC(CC(C6)C4)C5)cc3F)c2cc1C#N. The number of fused-ring (bicyclic) bond motifs is 1. The number of aryl methyl sites for hydroxylation is 1. The van der Waals surface area contributed by atoms with Crippen LogP contribution < -0.4 is 20.1 Å². The minimum absolute atomic E-state index is 0.00294. The first-order chi connectivity index (χ1) is 20.3. The number of aromatic nitrogens is 3. The van der Waals surface area contributed by atoms with Crippen molar-refractivity contribution in [2.45, 2.75) is 44.1 Å². The Balaban J connectivity index is 1.10. The zero-order valence-electron chi connectivity index (χ0n) is 23.5. The van der Waals surface area contributed by atoms with Crippen molar-refractivity contribution in [2.24, 2.45) is 24.8 Å². The number of benzene rings is 2. The Kier molecular flexibility index (Phi) is 6.26. The fourth-order valence-corrected chi connectivity index (χ4v) is 7.73. The maximum Gasteiger partial charge on any atom is 0.257 e. The molecule has 2 aromatic heterocycles. The van der Waals surface area contributed by atoms with Gasteiger partial charge in [0.15, 0.2) is 17.4 Å². The van der Waals surface area contributed by atoms with Crippen molar-refractivity contribution in [3.63, 3.8) is 0 Å². The largest absolute Gasteiger partial charge is 0.495 e. The zero-order valence-corrected chi connectivity index (χ0v) is 23.5. The molecule has 4 aliphatic carbocycles. The average Bonchev–Trinajstić information content (AvgIpc) is 3.32. The minimum atomic E-state index is -0.602. The second-order valence-electron chi connectivity index (χ2n) is 12.1. The average molecular weight is 567 g/mol. The highest BCUT2D eigenvalue weighted by Gasteiger charge is 2.51. The number of carbonyl (C=O) groups excluding carboxylic acids is 1. The van der Waals surface area contributed by atoms with E-state index in [1.165, 1.54) is 38.5 Å². The molecule has 8 rings (SSSR count). The van der Waals surface area contributed by atoms with Gasteiger partial charge in [-0.1, -0.05) is 0 Å². The summed E-state index contributed by atoms with van der Waals surface area (Å²) in [5.41, 5.74) is 1.61. The molecule has 4 aliphatic rings. The maximum absolute atomic E-state index is 15.3. The van der Waals surface area contributed by atoms with Gasteiger partial charge in [0.1, 0.15) is 23.1 Å². The Bertz CT molecular complexity index is 1720. The number of pyridine rings is 1. The second kappa shape index (κ2) is 10.0. The van der Waals surface area contributed by atoms with Crippen molar-refractivity contribution in [3.8, 4) is 23.3 Å². The van der Waals surface area contributed by atoms with Gasteiger partial charge in [-0.15, -0.1) is 0 Å². The molecule has 42 heavy (non-hydrogen) atoms. The summed E-state index contributed by atoms with van der Waals surface area (Å²) in [6.45, 7) is 0. The predicted octanol–water partition coefficient (Wildman–Crippen LogP) is 6.22. The summed E-state index contributed by atoms with van der Waals surface area (Å²) in [6.07, 6.45) is 10.3. The summed E-state index contributed by atoms with van der Waals surface area (Å²) < 4.78 is 28.1. The summed E-state index contributed by atoms with van der Waals surface area (Å²) in [4.78, 5) is 17.9. The van der Waals surface area contributed by atoms with Crippen molar-refractivity contribution in [3.05, 3.63) is 65.7 Å². The molecule has 9 nitrogen and oxygen atoms in total. The van der Waals surface area contributed by atoms with E-state index in [1.807, 2.05) is 0 Å². The molecular formula is C32H31FN6O3. The van der Waals surface area contributed by atoms with Crippen LogP contribution in [0, 0.1) is 34.9 Å². The van der Waals surface area contributed by atoms with Crippen molar-refractivity contribution < 1.29 is 18.7 Å². The summed E-state index contributed by atoms with van der Waals surface area (Å²) in [5.74, 6) is 2.52. The topological polar surface area (TPSA) is 114 Å². The number of anilines is 2. The third-order valence-electron chi connectivity index (χ3n) is 9.05. The lowest BCUT2D eigenvalue weighted by Gasteiger charge is -2.56. The normalized spacial score (nSPS) is 23.9. The molecule has 4 saturated carbocycles. The molecule has 0 saturated heterocycles. The van der Waals surface area contributed by atoms with E-state index in [1.54, 1.807) is 48.4 Å². The molecule has 214 valence electrons. The Morgan fingerprint density at radius 3 is 2.48 bits per heavy atom. The molecule has 0 aliphatic heterocycles. The van der Waals surface area contributed by atoms with E-state index in [4.69, 9.17) is 9.47 Å². The van der Waals surface area contributed by atoms with E-state index in [0.717, 1.165) is 19.3 Å². The summed E-state index contributed by atoms with van der Waals surface area (Å²) in [7, 11) is 3.24. The van der Waals surface area contributed by atoms with Crippen LogP contribution in [0.5, 0.6) is 17.2 Å². The quantitative estimate of drug-likeness (QED) is 0.273. The molecule has 0 radical (unpaired) electrons. The summed E-state index contributed by atoms with van der Waals surface area (Å²) in [5, 5.41) is 21.0. The smallest absolute Gasteiger partial charge is 0.257 e. The molecule has 0 unspecified atom stereocenters. The van der Waals surface area contributed by atoms with Crippen LogP contribution in [0.25, 0.3) is 10.9 Å². The number of hydrogen-bond acceptors (Lipinski definition) is 7. The third-order valence-corrected chi connectivity index (χ3v) is 9.05. The highest BCUT2D eigenvalue weighted by Crippen LogP contribution is 2.55. The fraction of sp³-hybridized carbons (Fsp3) is 0.375. The Morgan fingerprint density at radius 2 is 1.81 bits per heavy atom. The zero-order chi connectivity index (χ0) is 29.0. The van der Waals surface area contributed by atoms with Crippen molar-refractivity contribution in [1.82, 2.24) is 20.1 Å². The van der Waals surface area contributed by atoms with Crippen molar-refractivity contribution in [2.75, 3.05) is 12.4 Å². The molecule has 4 fully saturated rings. The fourth-order valence-electron chi connectivity index (χ4n) is 7.73. The molecule has 10 heteroatoms.